The van der Waals surface area contributed by atoms with Gasteiger partial charge in [0.1, 0.15) is 12.4 Å². The maximum absolute atomic E-state index is 13.5. The molecule has 1 aromatic heterocycles. The summed E-state index contributed by atoms with van der Waals surface area (Å²) in [5.74, 6) is 0.842. The summed E-state index contributed by atoms with van der Waals surface area (Å²) in [5.41, 5.74) is 7.52. The molecule has 5 aromatic rings. The molecule has 0 aliphatic heterocycles. The predicted molar refractivity (Wildman–Crippen MR) is 173 cm³/mol. The number of anilines is 1. The number of rotatable bonds is 14. The third-order valence-corrected chi connectivity index (χ3v) is 7.73. The molecule has 0 saturated carbocycles. The maximum Gasteiger partial charge on any atom is 0.176 e. The van der Waals surface area contributed by atoms with Gasteiger partial charge in [-0.15, -0.1) is 0 Å². The van der Waals surface area contributed by atoms with E-state index in [0.29, 0.717) is 25.3 Å². The van der Waals surface area contributed by atoms with Gasteiger partial charge in [0.25, 0.3) is 0 Å². The number of ketones is 1. The van der Waals surface area contributed by atoms with Crippen LogP contribution in [0.25, 0.3) is 0 Å². The van der Waals surface area contributed by atoms with Crippen molar-refractivity contribution in [1.29, 1.82) is 0 Å². The van der Waals surface area contributed by atoms with Crippen LogP contribution in [0, 0.1) is 13.8 Å². The lowest BCUT2D eigenvalue weighted by atomic mass is 10.1. The average Bonchev–Trinajstić information content (AvgIpc) is 3.29. The highest BCUT2D eigenvalue weighted by Gasteiger charge is 2.20. The van der Waals surface area contributed by atoms with Crippen molar-refractivity contribution >= 4 is 11.5 Å². The third-order valence-electron chi connectivity index (χ3n) is 7.73. The zero-order chi connectivity index (χ0) is 30.0. The van der Waals surface area contributed by atoms with Gasteiger partial charge < -0.3 is 9.64 Å². The summed E-state index contributed by atoms with van der Waals surface area (Å²) in [5, 5.41) is 4.69. The molecular weight excluding hydrogens is 532 g/mol. The highest BCUT2D eigenvalue weighted by Crippen LogP contribution is 2.26. The van der Waals surface area contributed by atoms with Crippen LogP contribution < -0.4 is 9.64 Å². The van der Waals surface area contributed by atoms with Crippen molar-refractivity contribution in [2.45, 2.75) is 33.5 Å². The standard InChI is InChI=1S/C37H40N4O2/c1-29-37(30(2)39(3)38-29)41(26-32-15-9-5-10-16-32)24-23-40(25-31-13-7-4-8-14-31)27-36(42)34-19-21-35(22-20-34)43-28-33-17-11-6-12-18-33/h4-22H,23-28H2,1-3H3. The summed E-state index contributed by atoms with van der Waals surface area (Å²) in [6.07, 6.45) is 0. The lowest BCUT2D eigenvalue weighted by Crippen LogP contribution is -2.38. The lowest BCUT2D eigenvalue weighted by Gasteiger charge is -2.29. The van der Waals surface area contributed by atoms with Crippen LogP contribution in [-0.4, -0.2) is 40.1 Å². The number of aryl methyl sites for hydroxylation is 2. The van der Waals surface area contributed by atoms with Gasteiger partial charge in [-0.3, -0.25) is 14.4 Å². The van der Waals surface area contributed by atoms with Gasteiger partial charge in [-0.1, -0.05) is 91.0 Å². The van der Waals surface area contributed by atoms with Crippen molar-refractivity contribution in [1.82, 2.24) is 14.7 Å². The molecule has 0 spiro atoms. The van der Waals surface area contributed by atoms with Crippen LogP contribution in [0.4, 0.5) is 5.69 Å². The van der Waals surface area contributed by atoms with Crippen LogP contribution in [0.5, 0.6) is 5.75 Å². The molecule has 5 rings (SSSR count). The quantitative estimate of drug-likeness (QED) is 0.134. The smallest absolute Gasteiger partial charge is 0.176 e. The Bertz CT molecular complexity index is 1580. The molecule has 4 aromatic carbocycles. The van der Waals surface area contributed by atoms with Gasteiger partial charge in [0, 0.05) is 38.8 Å². The Hall–Kier alpha value is -4.68. The number of carbonyl (C=O) groups is 1. The fourth-order valence-electron chi connectivity index (χ4n) is 5.38. The van der Waals surface area contributed by atoms with E-state index in [1.807, 2.05) is 90.6 Å². The fourth-order valence-corrected chi connectivity index (χ4v) is 5.38. The number of carbonyl (C=O) groups excluding carboxylic acids is 1. The highest BCUT2D eigenvalue weighted by atomic mass is 16.5. The van der Waals surface area contributed by atoms with Crippen LogP contribution in [0.1, 0.15) is 38.4 Å². The lowest BCUT2D eigenvalue weighted by molar-refractivity contribution is 0.0927. The molecular formula is C37H40N4O2. The molecule has 43 heavy (non-hydrogen) atoms. The third kappa shape index (κ3) is 8.21. The van der Waals surface area contributed by atoms with Crippen LogP contribution >= 0.6 is 0 Å². The summed E-state index contributed by atoms with van der Waals surface area (Å²) in [4.78, 5) is 18.2. The molecule has 0 aliphatic rings. The molecule has 0 bridgehead atoms. The zero-order valence-corrected chi connectivity index (χ0v) is 25.3. The van der Waals surface area contributed by atoms with E-state index in [4.69, 9.17) is 9.84 Å². The first-order chi connectivity index (χ1) is 21.0. The summed E-state index contributed by atoms with van der Waals surface area (Å²) in [7, 11) is 1.99. The predicted octanol–water partition coefficient (Wildman–Crippen LogP) is 7.01. The van der Waals surface area contributed by atoms with Crippen molar-refractivity contribution in [3.8, 4) is 5.75 Å². The average molecular weight is 573 g/mol. The second kappa shape index (κ2) is 14.5. The van der Waals surface area contributed by atoms with Crippen LogP contribution in [0.2, 0.25) is 0 Å². The minimum Gasteiger partial charge on any atom is -0.489 e. The first kappa shape index (κ1) is 29.8. The van der Waals surface area contributed by atoms with E-state index >= 15 is 0 Å². The summed E-state index contributed by atoms with van der Waals surface area (Å²) in [6, 6.07) is 38.5. The maximum atomic E-state index is 13.5. The SMILES string of the molecule is Cc1nn(C)c(C)c1N(CCN(CC(=O)c1ccc(OCc2ccccc2)cc1)Cc1ccccc1)Cc1ccccc1. The molecule has 0 N–H and O–H groups in total. The number of Topliss-reactive ketones (excluding diaryl/α,β-unsaturated/α-hetero) is 1. The Balaban J connectivity index is 1.30. The Morgan fingerprint density at radius 1 is 0.721 bits per heavy atom. The normalized spacial score (nSPS) is 11.1. The molecule has 0 saturated heterocycles. The summed E-state index contributed by atoms with van der Waals surface area (Å²) in [6.45, 7) is 7.94. The molecule has 0 amide bonds. The van der Waals surface area contributed by atoms with E-state index in [-0.39, 0.29) is 5.78 Å². The Morgan fingerprint density at radius 2 is 1.28 bits per heavy atom. The molecule has 0 radical (unpaired) electrons. The number of benzene rings is 4. The van der Waals surface area contributed by atoms with E-state index in [1.165, 1.54) is 11.1 Å². The van der Waals surface area contributed by atoms with Crippen LogP contribution in [0.3, 0.4) is 0 Å². The topological polar surface area (TPSA) is 50.6 Å². The van der Waals surface area contributed by atoms with Gasteiger partial charge >= 0.3 is 0 Å². The minimum atomic E-state index is 0.0916. The minimum absolute atomic E-state index is 0.0916. The Labute approximate surface area is 255 Å². The first-order valence-electron chi connectivity index (χ1n) is 14.8. The van der Waals surface area contributed by atoms with Crippen molar-refractivity contribution in [2.75, 3.05) is 24.5 Å². The Kier molecular flexibility index (Phi) is 10.0. The number of aromatic nitrogens is 2. The number of hydrogen-bond acceptors (Lipinski definition) is 5. The van der Waals surface area contributed by atoms with Crippen molar-refractivity contribution < 1.29 is 9.53 Å². The van der Waals surface area contributed by atoms with Gasteiger partial charge in [0.15, 0.2) is 5.78 Å². The van der Waals surface area contributed by atoms with Crippen molar-refractivity contribution in [3.05, 3.63) is 149 Å². The molecule has 0 fully saturated rings. The van der Waals surface area contributed by atoms with Gasteiger partial charge in [-0.25, -0.2) is 0 Å². The van der Waals surface area contributed by atoms with Gasteiger partial charge in [-0.05, 0) is 54.8 Å². The monoisotopic (exact) mass is 572 g/mol. The number of nitrogens with zero attached hydrogens (tertiary/aromatic N) is 4. The van der Waals surface area contributed by atoms with E-state index in [1.54, 1.807) is 0 Å². The van der Waals surface area contributed by atoms with Gasteiger partial charge in [-0.2, -0.15) is 5.10 Å². The van der Waals surface area contributed by atoms with Gasteiger partial charge in [0.05, 0.1) is 23.6 Å². The van der Waals surface area contributed by atoms with E-state index in [0.717, 1.165) is 48.0 Å². The molecule has 0 aliphatic carbocycles. The van der Waals surface area contributed by atoms with Crippen LogP contribution in [-0.2, 0) is 26.7 Å². The van der Waals surface area contributed by atoms with Crippen molar-refractivity contribution in [3.63, 3.8) is 0 Å². The Morgan fingerprint density at radius 3 is 1.84 bits per heavy atom. The number of ether oxygens (including phenoxy) is 1. The van der Waals surface area contributed by atoms with E-state index in [2.05, 4.69) is 60.0 Å². The molecule has 0 unspecified atom stereocenters. The zero-order valence-electron chi connectivity index (χ0n) is 25.3. The first-order valence-corrected chi connectivity index (χ1v) is 14.8. The molecule has 0 atom stereocenters. The second-order valence-electron chi connectivity index (χ2n) is 11.0. The second-order valence-corrected chi connectivity index (χ2v) is 11.0. The summed E-state index contributed by atoms with van der Waals surface area (Å²) < 4.78 is 7.88. The van der Waals surface area contributed by atoms with Crippen molar-refractivity contribution in [2.24, 2.45) is 7.05 Å². The highest BCUT2D eigenvalue weighted by molar-refractivity contribution is 5.97. The van der Waals surface area contributed by atoms with Crippen LogP contribution in [0.15, 0.2) is 115 Å². The van der Waals surface area contributed by atoms with Gasteiger partial charge in [0.2, 0.25) is 0 Å². The van der Waals surface area contributed by atoms with E-state index in [9.17, 15) is 4.79 Å². The number of hydrogen-bond donors (Lipinski definition) is 0. The fraction of sp³-hybridized carbons (Fsp3) is 0.243. The molecule has 1 heterocycles. The molecule has 6 nitrogen and oxygen atoms in total. The van der Waals surface area contributed by atoms with E-state index < -0.39 is 0 Å². The molecule has 6 heteroatoms. The summed E-state index contributed by atoms with van der Waals surface area (Å²) >= 11 is 0. The largest absolute Gasteiger partial charge is 0.489 e. The molecule has 220 valence electrons.